The molecule has 132 valence electrons. The molecule has 0 N–H and O–H groups in total. The largest absolute Gasteiger partial charge is 0.429 e. The van der Waals surface area contributed by atoms with Gasteiger partial charge in [-0.05, 0) is 74.0 Å². The third-order valence-electron chi connectivity index (χ3n) is 5.55. The number of hydrogen-bond acceptors (Lipinski definition) is 2. The molecule has 1 unspecified atom stereocenters. The van der Waals surface area contributed by atoms with Crippen molar-refractivity contribution in [3.05, 3.63) is 29.3 Å². The zero-order valence-electron chi connectivity index (χ0n) is 13.2. The van der Waals surface area contributed by atoms with E-state index in [2.05, 4.69) is 4.74 Å². The van der Waals surface area contributed by atoms with Gasteiger partial charge in [0.1, 0.15) is 6.29 Å². The van der Waals surface area contributed by atoms with Crippen LogP contribution in [0.5, 0.6) is 5.75 Å². The number of alkyl halides is 2. The number of fused-ring (bicyclic) bond motifs is 1. The highest BCUT2D eigenvalue weighted by molar-refractivity contribution is 5.53. The summed E-state index contributed by atoms with van der Waals surface area (Å²) in [5.41, 5.74) is 0.502. The number of carbonyl (C=O) groups is 1. The van der Waals surface area contributed by atoms with Crippen LogP contribution in [-0.2, 0) is 4.79 Å². The second-order valence-electron chi connectivity index (χ2n) is 6.93. The first-order valence-electron chi connectivity index (χ1n) is 8.37. The average molecular weight is 344 g/mol. The predicted octanol–water partition coefficient (Wildman–Crippen LogP) is 5.07. The van der Waals surface area contributed by atoms with Gasteiger partial charge in [0, 0.05) is 5.92 Å². The summed E-state index contributed by atoms with van der Waals surface area (Å²) in [4.78, 5) is 11.0. The standard InChI is InChI=1S/C18H20F4O2/c19-15-7-14(8-16(20)17(15)24-18(21)22)13-4-3-11-5-10(9-23)1-2-12(11)6-13/h7-13,18H,1-6H2/t10-,11-,12-,13?/m1/s1. The molecule has 0 spiro atoms. The third-order valence-corrected chi connectivity index (χ3v) is 5.55. The second-order valence-corrected chi connectivity index (χ2v) is 6.93. The first kappa shape index (κ1) is 17.2. The van der Waals surface area contributed by atoms with Gasteiger partial charge in [0.15, 0.2) is 17.4 Å². The van der Waals surface area contributed by atoms with E-state index in [-0.39, 0.29) is 11.8 Å². The lowest BCUT2D eigenvalue weighted by atomic mass is 9.64. The smallest absolute Gasteiger partial charge is 0.387 e. The molecule has 0 heterocycles. The summed E-state index contributed by atoms with van der Waals surface area (Å²) < 4.78 is 56.2. The molecular weight excluding hydrogens is 324 g/mol. The summed E-state index contributed by atoms with van der Waals surface area (Å²) in [5.74, 6) is -2.07. The molecule has 2 nitrogen and oxygen atoms in total. The van der Waals surface area contributed by atoms with Crippen molar-refractivity contribution in [2.24, 2.45) is 17.8 Å². The Balaban J connectivity index is 1.73. The maximum Gasteiger partial charge on any atom is 0.387 e. The summed E-state index contributed by atoms with van der Waals surface area (Å²) >= 11 is 0. The zero-order valence-corrected chi connectivity index (χ0v) is 13.2. The topological polar surface area (TPSA) is 26.3 Å². The van der Waals surface area contributed by atoms with Crippen molar-refractivity contribution in [3.8, 4) is 5.75 Å². The third kappa shape index (κ3) is 3.57. The monoisotopic (exact) mass is 344 g/mol. The van der Waals surface area contributed by atoms with Crippen molar-refractivity contribution >= 4 is 6.29 Å². The van der Waals surface area contributed by atoms with E-state index in [0.29, 0.717) is 17.4 Å². The van der Waals surface area contributed by atoms with Crippen LogP contribution in [0, 0.1) is 29.4 Å². The quantitative estimate of drug-likeness (QED) is 0.563. The number of benzene rings is 1. The lowest BCUT2D eigenvalue weighted by Gasteiger charge is -2.41. The van der Waals surface area contributed by atoms with Crippen molar-refractivity contribution in [1.29, 1.82) is 0 Å². The van der Waals surface area contributed by atoms with Gasteiger partial charge in [0.2, 0.25) is 0 Å². The Hall–Kier alpha value is -1.59. The molecule has 2 aliphatic rings. The van der Waals surface area contributed by atoms with Gasteiger partial charge in [-0.25, -0.2) is 8.78 Å². The van der Waals surface area contributed by atoms with Crippen LogP contribution in [0.4, 0.5) is 17.6 Å². The molecule has 1 aromatic rings. The lowest BCUT2D eigenvalue weighted by molar-refractivity contribution is -0.113. The van der Waals surface area contributed by atoms with Gasteiger partial charge in [0.25, 0.3) is 0 Å². The van der Waals surface area contributed by atoms with E-state index in [0.717, 1.165) is 56.9 Å². The molecular formula is C18H20F4O2. The molecule has 3 rings (SSSR count). The molecule has 4 atom stereocenters. The maximum absolute atomic E-state index is 13.9. The SMILES string of the molecule is O=C[C@@H]1CC[C@@H]2CC(c3cc(F)c(OC(F)F)c(F)c3)CC[C@@H]2C1. The van der Waals surface area contributed by atoms with Gasteiger partial charge in [-0.15, -0.1) is 0 Å². The molecule has 0 bridgehead atoms. The van der Waals surface area contributed by atoms with E-state index in [1.807, 2.05) is 0 Å². The fraction of sp³-hybridized carbons (Fsp3) is 0.611. The number of halogens is 4. The van der Waals surface area contributed by atoms with Crippen LogP contribution >= 0.6 is 0 Å². The Labute approximate surface area is 138 Å². The van der Waals surface area contributed by atoms with Crippen molar-refractivity contribution in [3.63, 3.8) is 0 Å². The highest BCUT2D eigenvalue weighted by Crippen LogP contribution is 2.47. The van der Waals surface area contributed by atoms with E-state index >= 15 is 0 Å². The molecule has 2 saturated carbocycles. The number of ether oxygens (including phenoxy) is 1. The molecule has 2 aliphatic carbocycles. The summed E-state index contributed by atoms with van der Waals surface area (Å²) in [7, 11) is 0. The summed E-state index contributed by atoms with van der Waals surface area (Å²) in [6.07, 6.45) is 6.33. The van der Waals surface area contributed by atoms with Crippen LogP contribution in [0.2, 0.25) is 0 Å². The normalized spacial score (nSPS) is 30.0. The number of aldehydes is 1. The van der Waals surface area contributed by atoms with Crippen LogP contribution < -0.4 is 4.74 Å². The fourth-order valence-corrected chi connectivity index (χ4v) is 4.37. The minimum atomic E-state index is -3.26. The Morgan fingerprint density at radius 3 is 2.25 bits per heavy atom. The fourth-order valence-electron chi connectivity index (χ4n) is 4.37. The summed E-state index contributed by atoms with van der Waals surface area (Å²) in [6, 6.07) is 2.23. The minimum Gasteiger partial charge on any atom is -0.429 e. The molecule has 0 aliphatic heterocycles. The van der Waals surface area contributed by atoms with Gasteiger partial charge in [-0.3, -0.25) is 0 Å². The van der Waals surface area contributed by atoms with Gasteiger partial charge in [-0.2, -0.15) is 8.78 Å². The van der Waals surface area contributed by atoms with E-state index < -0.39 is 24.0 Å². The van der Waals surface area contributed by atoms with Gasteiger partial charge < -0.3 is 9.53 Å². The first-order chi connectivity index (χ1) is 11.5. The number of carbonyl (C=O) groups excluding carboxylic acids is 1. The molecule has 0 amide bonds. The molecule has 0 radical (unpaired) electrons. The number of rotatable bonds is 4. The Bertz CT molecular complexity index is 582. The van der Waals surface area contributed by atoms with Crippen LogP contribution in [0.25, 0.3) is 0 Å². The molecule has 0 aromatic heterocycles. The Kier molecular flexibility index (Phi) is 5.11. The van der Waals surface area contributed by atoms with Gasteiger partial charge in [0.05, 0.1) is 0 Å². The lowest BCUT2D eigenvalue weighted by Crippen LogP contribution is -2.31. The van der Waals surface area contributed by atoms with Gasteiger partial charge in [-0.1, -0.05) is 0 Å². The highest BCUT2D eigenvalue weighted by atomic mass is 19.3. The highest BCUT2D eigenvalue weighted by Gasteiger charge is 2.36. The number of hydrogen-bond donors (Lipinski definition) is 0. The van der Waals surface area contributed by atoms with E-state index in [9.17, 15) is 22.4 Å². The van der Waals surface area contributed by atoms with Crippen molar-refractivity contribution in [2.75, 3.05) is 0 Å². The minimum absolute atomic E-state index is 0.0173. The van der Waals surface area contributed by atoms with Crippen LogP contribution in [0.15, 0.2) is 12.1 Å². The Morgan fingerprint density at radius 1 is 1.00 bits per heavy atom. The molecule has 0 saturated heterocycles. The van der Waals surface area contributed by atoms with E-state index in [1.54, 1.807) is 0 Å². The zero-order chi connectivity index (χ0) is 17.3. The Morgan fingerprint density at radius 2 is 1.62 bits per heavy atom. The average Bonchev–Trinajstić information content (AvgIpc) is 2.56. The summed E-state index contributed by atoms with van der Waals surface area (Å²) in [6.45, 7) is -3.26. The predicted molar refractivity (Wildman–Crippen MR) is 80.0 cm³/mol. The molecule has 24 heavy (non-hydrogen) atoms. The molecule has 2 fully saturated rings. The van der Waals surface area contributed by atoms with E-state index in [1.165, 1.54) is 0 Å². The molecule has 6 heteroatoms. The molecule has 1 aromatic carbocycles. The maximum atomic E-state index is 13.9. The van der Waals surface area contributed by atoms with Crippen LogP contribution in [0.1, 0.15) is 50.0 Å². The summed E-state index contributed by atoms with van der Waals surface area (Å²) in [5, 5.41) is 0. The van der Waals surface area contributed by atoms with Crippen molar-refractivity contribution < 1.29 is 27.1 Å². The van der Waals surface area contributed by atoms with Gasteiger partial charge >= 0.3 is 6.61 Å². The first-order valence-corrected chi connectivity index (χ1v) is 8.37. The second kappa shape index (κ2) is 7.11. The van der Waals surface area contributed by atoms with Crippen LogP contribution in [-0.4, -0.2) is 12.9 Å². The van der Waals surface area contributed by atoms with Crippen molar-refractivity contribution in [1.82, 2.24) is 0 Å². The van der Waals surface area contributed by atoms with E-state index in [4.69, 9.17) is 0 Å². The van der Waals surface area contributed by atoms with Crippen molar-refractivity contribution in [2.45, 2.75) is 51.1 Å². The van der Waals surface area contributed by atoms with Crippen LogP contribution in [0.3, 0.4) is 0 Å².